The Morgan fingerprint density at radius 1 is 0.587 bits per heavy atom. The topological polar surface area (TPSA) is 223 Å². The maximum absolute atomic E-state index is 13.3. The van der Waals surface area contributed by atoms with Crippen molar-refractivity contribution in [1.82, 2.24) is 29.7 Å². The highest BCUT2D eigenvalue weighted by Gasteiger charge is 2.26. The molecule has 3 N–H and O–H groups in total. The molecule has 0 radical (unpaired) electrons. The minimum Gasteiger partial charge on any atom is -0.495 e. The zero-order valence-electron chi connectivity index (χ0n) is 53.3. The van der Waals surface area contributed by atoms with E-state index in [0.717, 1.165) is 113 Å². The number of benzene rings is 4. The van der Waals surface area contributed by atoms with Gasteiger partial charge in [-0.25, -0.2) is 19.9 Å². The fourth-order valence-corrected chi connectivity index (χ4v) is 11.3. The number of nitrogens with one attached hydrogen (secondary N) is 1. The SMILES string of the molecule is C1CCOC1.C=CC(=O)Cl.C=CC(=O)Nc1cc(N2CCN(CC)CC2)ccc1Cc1cc(N(C)C(=O)Cc2c(Cl)c(OC)cc(OC)c2Cl)ncn1.CCN1CCN(c2ccc(Cc3cc(N(C)C(=O)Cc4c(Cl)c(OC)cc(OC)c4Cl)ncn3)c(N)c2)CC1. The highest BCUT2D eigenvalue weighted by atomic mass is 35.5. The van der Waals surface area contributed by atoms with Crippen LogP contribution in [-0.4, -0.2) is 174 Å². The van der Waals surface area contributed by atoms with Crippen LogP contribution in [0, 0.1) is 0 Å². The molecule has 92 heavy (non-hydrogen) atoms. The van der Waals surface area contributed by atoms with Gasteiger partial charge in [0.25, 0.3) is 0 Å². The molecule has 3 amide bonds. The van der Waals surface area contributed by atoms with Crippen molar-refractivity contribution in [2.45, 2.75) is 52.4 Å². The van der Waals surface area contributed by atoms with E-state index >= 15 is 0 Å². The minimum atomic E-state index is -0.509. The summed E-state index contributed by atoms with van der Waals surface area (Å²) in [7, 11) is 9.20. The number of nitrogen functional groups attached to an aromatic ring is 1. The van der Waals surface area contributed by atoms with E-state index in [-0.39, 0.29) is 50.7 Å². The van der Waals surface area contributed by atoms with Gasteiger partial charge in [-0.05, 0) is 85.1 Å². The number of allylic oxidation sites excluding steroid dienone is 1. The number of nitrogens with zero attached hydrogens (tertiary/aromatic N) is 10. The molecule has 2 aromatic heterocycles. The third kappa shape index (κ3) is 20.5. The van der Waals surface area contributed by atoms with Gasteiger partial charge in [-0.2, -0.15) is 0 Å². The van der Waals surface area contributed by atoms with Gasteiger partial charge in [0.15, 0.2) is 0 Å². The van der Waals surface area contributed by atoms with Gasteiger partial charge in [0, 0.05) is 151 Å². The van der Waals surface area contributed by atoms with Crippen molar-refractivity contribution in [2.75, 3.05) is 152 Å². The number of carbonyl (C=O) groups excluding carboxylic acids is 4. The number of anilines is 6. The molecule has 5 heterocycles. The Morgan fingerprint density at radius 3 is 1.33 bits per heavy atom. The van der Waals surface area contributed by atoms with E-state index in [2.05, 4.69) is 84.0 Å². The maximum Gasteiger partial charge on any atom is 0.247 e. The molecule has 6 aromatic rings. The molecule has 0 saturated carbocycles. The second kappa shape index (κ2) is 36.7. The Bertz CT molecular complexity index is 3450. The number of ether oxygens (including phenoxy) is 5. The molecule has 21 nitrogen and oxygen atoms in total. The van der Waals surface area contributed by atoms with Crippen LogP contribution in [0.25, 0.3) is 0 Å². The van der Waals surface area contributed by atoms with Crippen LogP contribution in [0.2, 0.25) is 20.1 Å². The number of halogens is 5. The summed E-state index contributed by atoms with van der Waals surface area (Å²) in [5.41, 5.74) is 14.1. The van der Waals surface area contributed by atoms with Gasteiger partial charge >= 0.3 is 0 Å². The lowest BCUT2D eigenvalue weighted by Crippen LogP contribution is -2.46. The van der Waals surface area contributed by atoms with Crippen molar-refractivity contribution < 1.29 is 42.9 Å². The number of nitrogens with two attached hydrogens (primary N) is 1. The lowest BCUT2D eigenvalue weighted by Gasteiger charge is -2.35. The number of hydrogen-bond donors (Lipinski definition) is 2. The first-order chi connectivity index (χ1) is 44.2. The van der Waals surface area contributed by atoms with Gasteiger partial charge in [0.2, 0.25) is 23.0 Å². The molecular weight excluding hydrogens is 1280 g/mol. The van der Waals surface area contributed by atoms with Crippen molar-refractivity contribution in [3.63, 3.8) is 0 Å². The van der Waals surface area contributed by atoms with E-state index in [1.165, 1.54) is 69.8 Å². The summed E-state index contributed by atoms with van der Waals surface area (Å²) in [6.45, 7) is 23.0. The smallest absolute Gasteiger partial charge is 0.247 e. The lowest BCUT2D eigenvalue weighted by atomic mass is 10.0. The number of piperazine rings is 2. The molecule has 3 aliphatic rings. The summed E-state index contributed by atoms with van der Waals surface area (Å²) in [5, 5.41) is 3.44. The molecule has 3 fully saturated rings. The van der Waals surface area contributed by atoms with E-state index in [1.54, 1.807) is 38.4 Å². The van der Waals surface area contributed by atoms with Crippen LogP contribution in [0.15, 0.2) is 98.6 Å². The average Bonchev–Trinajstić information content (AvgIpc) is 0.874. The van der Waals surface area contributed by atoms with Crippen molar-refractivity contribution in [2.24, 2.45) is 0 Å². The zero-order valence-corrected chi connectivity index (χ0v) is 57.1. The van der Waals surface area contributed by atoms with Crippen LogP contribution in [-0.2, 0) is 49.6 Å². The molecule has 494 valence electrons. The molecule has 0 atom stereocenters. The van der Waals surface area contributed by atoms with Crippen molar-refractivity contribution in [3.8, 4) is 23.0 Å². The lowest BCUT2D eigenvalue weighted by molar-refractivity contribution is -0.118. The second-order valence-corrected chi connectivity index (χ2v) is 23.1. The largest absolute Gasteiger partial charge is 0.495 e. The van der Waals surface area contributed by atoms with E-state index in [4.69, 9.17) is 87.4 Å². The molecule has 0 unspecified atom stereocenters. The molecule has 0 aliphatic carbocycles. The molecule has 26 heteroatoms. The Morgan fingerprint density at radius 2 is 0.978 bits per heavy atom. The van der Waals surface area contributed by atoms with Gasteiger partial charge in [0.1, 0.15) is 47.3 Å². The van der Waals surface area contributed by atoms with Crippen LogP contribution in [0.4, 0.5) is 34.4 Å². The fourth-order valence-electron chi connectivity index (χ4n) is 10.0. The van der Waals surface area contributed by atoms with Crippen molar-refractivity contribution in [3.05, 3.63) is 152 Å². The number of aromatic nitrogens is 4. The average molecular weight is 1360 g/mol. The standard InChI is InChI=1S/C31H36Cl2N6O4.C28H34Cl2N6O3.C4H8O.C3H3ClO/c1-6-28(40)36-24-16-22(39-12-10-38(7-2)11-13-39)9-8-20(24)14-21-15-27(35-19-34-21)37(3)29(41)17-23-30(32)25(42-4)18-26(43-5)31(23)33;1-5-35-8-10-36(11-9-35)20-7-6-18(22(31)14-20)12-19-13-25(33-17-32-19)34(2)26(37)15-21-27(29)23(38-3)16-24(39-4)28(21)30;1-2-4-5-3-1;1-2-3(4)5/h6,8-9,15-16,18-19H,1,7,10-14,17H2,2-5H3,(H,36,40);6-7,13-14,16-17H,5,8-12,15,31H2,1-4H3;1-4H2;2H,1H2. The number of methoxy groups -OCH3 is 4. The minimum absolute atomic E-state index is 0.0675. The van der Waals surface area contributed by atoms with Crippen LogP contribution in [0.1, 0.15) is 60.3 Å². The van der Waals surface area contributed by atoms with Crippen molar-refractivity contribution >= 4 is 115 Å². The summed E-state index contributed by atoms with van der Waals surface area (Å²) in [6, 6.07) is 18.9. The van der Waals surface area contributed by atoms with Gasteiger partial charge in [-0.1, -0.05) is 85.5 Å². The van der Waals surface area contributed by atoms with Gasteiger partial charge in [-0.3, -0.25) is 29.0 Å². The Kier molecular flexibility index (Phi) is 29.3. The monoisotopic (exact) mass is 1360 g/mol. The van der Waals surface area contributed by atoms with E-state index in [0.29, 0.717) is 75.7 Å². The Labute approximate surface area is 564 Å². The predicted octanol–water partition coefficient (Wildman–Crippen LogP) is 10.9. The van der Waals surface area contributed by atoms with Crippen LogP contribution in [0.3, 0.4) is 0 Å². The molecule has 3 saturated heterocycles. The molecular formula is C66H81Cl5N12O9. The molecule has 0 spiro atoms. The molecule has 0 bridgehead atoms. The second-order valence-electron chi connectivity index (χ2n) is 21.2. The summed E-state index contributed by atoms with van der Waals surface area (Å²) in [4.78, 5) is 78.2. The first-order valence-corrected chi connectivity index (χ1v) is 31.7. The van der Waals surface area contributed by atoms with Crippen molar-refractivity contribution in [1.29, 1.82) is 0 Å². The number of hydrogen-bond acceptors (Lipinski definition) is 18. The summed E-state index contributed by atoms with van der Waals surface area (Å²) >= 11 is 30.6. The third-order valence-electron chi connectivity index (χ3n) is 15.6. The summed E-state index contributed by atoms with van der Waals surface area (Å²) in [5.74, 6) is 1.46. The number of carbonyl (C=O) groups is 4. The normalized spacial score (nSPS) is 13.8. The first-order valence-electron chi connectivity index (χ1n) is 29.8. The van der Waals surface area contributed by atoms with E-state index < -0.39 is 5.24 Å². The predicted molar refractivity (Wildman–Crippen MR) is 369 cm³/mol. The molecule has 9 rings (SSSR count). The summed E-state index contributed by atoms with van der Waals surface area (Å²) in [6.07, 6.45) is 8.44. The van der Waals surface area contributed by atoms with Gasteiger partial charge in [0.05, 0.1) is 72.8 Å². The Hall–Kier alpha value is -7.47. The fraction of sp³-hybridized carbons (Fsp3) is 0.394. The third-order valence-corrected chi connectivity index (χ3v) is 17.4. The van der Waals surface area contributed by atoms with E-state index in [1.807, 2.05) is 24.3 Å². The molecule has 3 aliphatic heterocycles. The zero-order chi connectivity index (χ0) is 67.0. The van der Waals surface area contributed by atoms with Gasteiger partial charge in [-0.15, -0.1) is 0 Å². The van der Waals surface area contributed by atoms with Crippen LogP contribution in [0.5, 0.6) is 23.0 Å². The highest BCUT2D eigenvalue weighted by Crippen LogP contribution is 2.42. The number of likely N-dealkylation sites (N-methyl/N-ethyl adjacent to an activating group) is 4. The summed E-state index contributed by atoms with van der Waals surface area (Å²) < 4.78 is 26.2. The maximum atomic E-state index is 13.3. The Balaban J connectivity index is 0.000000254. The quantitative estimate of drug-likeness (QED) is 0.0388. The number of amides is 3. The van der Waals surface area contributed by atoms with Gasteiger partial charge < -0.3 is 54.3 Å². The first kappa shape index (κ1) is 73.6. The highest BCUT2D eigenvalue weighted by molar-refractivity contribution is 6.66. The van der Waals surface area contributed by atoms with Crippen LogP contribution < -0.4 is 49.6 Å². The van der Waals surface area contributed by atoms with E-state index in [9.17, 15) is 19.2 Å². The molecule has 4 aromatic carbocycles. The van der Waals surface area contributed by atoms with Crippen LogP contribution >= 0.6 is 58.0 Å². The number of rotatable bonds is 21.